The fourth-order valence-electron chi connectivity index (χ4n) is 5.38. The van der Waals surface area contributed by atoms with Crippen molar-refractivity contribution in [2.24, 2.45) is 23.7 Å². The van der Waals surface area contributed by atoms with E-state index in [9.17, 15) is 4.79 Å². The van der Waals surface area contributed by atoms with Crippen molar-refractivity contribution < 1.29 is 4.79 Å². The summed E-state index contributed by atoms with van der Waals surface area (Å²) in [4.78, 5) is 12.6. The molecule has 4 bridgehead atoms. The molecule has 4 aliphatic rings. The van der Waals surface area contributed by atoms with Gasteiger partial charge < -0.3 is 5.32 Å². The van der Waals surface area contributed by atoms with Crippen LogP contribution < -0.4 is 5.32 Å². The summed E-state index contributed by atoms with van der Waals surface area (Å²) in [6.45, 7) is 4.86. The summed E-state index contributed by atoms with van der Waals surface area (Å²) in [6.07, 6.45) is 8.53. The van der Waals surface area contributed by atoms with Crippen LogP contribution in [-0.2, 0) is 6.54 Å². The van der Waals surface area contributed by atoms with Gasteiger partial charge in [0.25, 0.3) is 5.91 Å². The molecule has 4 nitrogen and oxygen atoms in total. The highest BCUT2D eigenvalue weighted by atomic mass is 16.1. The molecule has 114 valence electrons. The van der Waals surface area contributed by atoms with Gasteiger partial charge in [0.2, 0.25) is 0 Å². The van der Waals surface area contributed by atoms with Crippen molar-refractivity contribution in [3.8, 4) is 0 Å². The van der Waals surface area contributed by atoms with Crippen LogP contribution in [0.4, 0.5) is 0 Å². The third-order valence-electron chi connectivity index (χ3n) is 6.17. The quantitative estimate of drug-likeness (QED) is 0.929. The molecule has 4 fully saturated rings. The van der Waals surface area contributed by atoms with Gasteiger partial charge in [0, 0.05) is 18.3 Å². The first-order valence-corrected chi connectivity index (χ1v) is 8.49. The molecule has 1 aromatic rings. The van der Waals surface area contributed by atoms with Crippen LogP contribution in [0.3, 0.4) is 0 Å². The van der Waals surface area contributed by atoms with Gasteiger partial charge in [-0.3, -0.25) is 9.48 Å². The van der Waals surface area contributed by atoms with E-state index in [2.05, 4.69) is 17.3 Å². The highest BCUT2D eigenvalue weighted by Crippen LogP contribution is 2.53. The van der Waals surface area contributed by atoms with Gasteiger partial charge in [-0.15, -0.1) is 0 Å². The van der Waals surface area contributed by atoms with E-state index in [-0.39, 0.29) is 5.91 Å². The van der Waals surface area contributed by atoms with Crippen LogP contribution >= 0.6 is 0 Å². The van der Waals surface area contributed by atoms with Crippen LogP contribution in [0.5, 0.6) is 0 Å². The fourth-order valence-corrected chi connectivity index (χ4v) is 5.38. The second kappa shape index (κ2) is 4.85. The maximum absolute atomic E-state index is 12.6. The van der Waals surface area contributed by atoms with Crippen molar-refractivity contribution in [3.05, 3.63) is 17.5 Å². The van der Waals surface area contributed by atoms with Gasteiger partial charge in [0.1, 0.15) is 0 Å². The number of aromatic nitrogens is 2. The van der Waals surface area contributed by atoms with E-state index in [4.69, 9.17) is 0 Å². The Balaban J connectivity index is 1.50. The number of amides is 1. The maximum atomic E-state index is 12.6. The van der Waals surface area contributed by atoms with Gasteiger partial charge in [0.15, 0.2) is 0 Å². The molecule has 0 saturated heterocycles. The number of hydrogen-bond acceptors (Lipinski definition) is 2. The largest absolute Gasteiger partial charge is 0.349 e. The predicted molar refractivity (Wildman–Crippen MR) is 80.9 cm³/mol. The first-order chi connectivity index (χ1) is 10.2. The molecule has 0 atom stereocenters. The number of rotatable bonds is 3. The van der Waals surface area contributed by atoms with Gasteiger partial charge in [-0.25, -0.2) is 0 Å². The lowest BCUT2D eigenvalue weighted by molar-refractivity contribution is -0.0119. The van der Waals surface area contributed by atoms with Gasteiger partial charge in [-0.1, -0.05) is 0 Å². The minimum Gasteiger partial charge on any atom is -0.349 e. The minimum absolute atomic E-state index is 0.0877. The Labute approximate surface area is 126 Å². The summed E-state index contributed by atoms with van der Waals surface area (Å²) >= 11 is 0. The van der Waals surface area contributed by atoms with Crippen LogP contribution in [0.25, 0.3) is 0 Å². The minimum atomic E-state index is 0.0877. The summed E-state index contributed by atoms with van der Waals surface area (Å²) < 4.78 is 1.89. The summed E-state index contributed by atoms with van der Waals surface area (Å²) in [5, 5.41) is 7.66. The monoisotopic (exact) mass is 287 g/mol. The Kier molecular flexibility index (Phi) is 3.09. The molecule has 21 heavy (non-hydrogen) atoms. The Bertz CT molecular complexity index is 534. The molecule has 4 saturated carbocycles. The molecule has 0 unspecified atom stereocenters. The number of hydrogen-bond donors (Lipinski definition) is 1. The summed E-state index contributed by atoms with van der Waals surface area (Å²) in [6, 6.07) is 0.412. The van der Waals surface area contributed by atoms with E-state index >= 15 is 0 Å². The van der Waals surface area contributed by atoms with Crippen LogP contribution in [0, 0.1) is 30.6 Å². The Morgan fingerprint density at radius 2 is 1.86 bits per heavy atom. The number of carbonyl (C=O) groups excluding carboxylic acids is 1. The molecule has 0 aromatic carbocycles. The third-order valence-corrected chi connectivity index (χ3v) is 6.17. The van der Waals surface area contributed by atoms with E-state index in [0.29, 0.717) is 6.04 Å². The second-order valence-corrected chi connectivity index (χ2v) is 7.39. The predicted octanol–water partition coefficient (Wildman–Crippen LogP) is 2.77. The molecule has 5 rings (SSSR count). The standard InChI is InChI=1S/C17H25N3O/c1-3-20-10(2)15(9-18-20)17(21)19-16-13-5-11-4-12(7-13)8-14(16)6-11/h9,11-14,16H,3-8H2,1-2H3,(H,19,21). The van der Waals surface area contributed by atoms with Crippen LogP contribution in [0.1, 0.15) is 55.1 Å². The molecule has 4 aliphatic carbocycles. The number of nitrogens with one attached hydrogen (secondary N) is 1. The third kappa shape index (κ3) is 2.11. The zero-order valence-corrected chi connectivity index (χ0v) is 13.0. The highest BCUT2D eigenvalue weighted by molar-refractivity contribution is 5.95. The van der Waals surface area contributed by atoms with E-state index in [0.717, 1.165) is 41.5 Å². The molecule has 0 aliphatic heterocycles. The van der Waals surface area contributed by atoms with E-state index < -0.39 is 0 Å². The van der Waals surface area contributed by atoms with Gasteiger partial charge in [-0.05, 0) is 69.6 Å². The van der Waals surface area contributed by atoms with Crippen molar-refractivity contribution in [3.63, 3.8) is 0 Å². The lowest BCUT2D eigenvalue weighted by atomic mass is 9.54. The maximum Gasteiger partial charge on any atom is 0.254 e. The fraction of sp³-hybridized carbons (Fsp3) is 0.765. The van der Waals surface area contributed by atoms with Crippen molar-refractivity contribution in [2.75, 3.05) is 0 Å². The van der Waals surface area contributed by atoms with Crippen molar-refractivity contribution >= 4 is 5.91 Å². The lowest BCUT2D eigenvalue weighted by Gasteiger charge is -2.54. The summed E-state index contributed by atoms with van der Waals surface area (Å²) in [5.41, 5.74) is 1.74. The average Bonchev–Trinajstić information content (AvgIpc) is 2.83. The van der Waals surface area contributed by atoms with Crippen molar-refractivity contribution in [2.45, 2.75) is 58.5 Å². The topological polar surface area (TPSA) is 46.9 Å². The van der Waals surface area contributed by atoms with E-state index in [1.807, 2.05) is 11.6 Å². The Morgan fingerprint density at radius 1 is 1.24 bits per heavy atom. The van der Waals surface area contributed by atoms with Gasteiger partial charge in [-0.2, -0.15) is 5.10 Å². The van der Waals surface area contributed by atoms with Crippen LogP contribution in [0.2, 0.25) is 0 Å². The zero-order valence-electron chi connectivity index (χ0n) is 13.0. The highest BCUT2D eigenvalue weighted by Gasteiger charge is 2.48. The second-order valence-electron chi connectivity index (χ2n) is 7.39. The molecule has 0 spiro atoms. The van der Waals surface area contributed by atoms with Crippen molar-refractivity contribution in [1.82, 2.24) is 15.1 Å². The zero-order chi connectivity index (χ0) is 14.6. The van der Waals surface area contributed by atoms with E-state index in [1.54, 1.807) is 6.20 Å². The lowest BCUT2D eigenvalue weighted by Crippen LogP contribution is -2.55. The average molecular weight is 287 g/mol. The number of nitrogens with zero attached hydrogens (tertiary/aromatic N) is 2. The van der Waals surface area contributed by atoms with Crippen LogP contribution in [0.15, 0.2) is 6.20 Å². The summed E-state index contributed by atoms with van der Waals surface area (Å²) in [5.74, 6) is 3.44. The smallest absolute Gasteiger partial charge is 0.254 e. The van der Waals surface area contributed by atoms with Gasteiger partial charge in [0.05, 0.1) is 11.8 Å². The molecule has 1 aromatic heterocycles. The molecule has 1 heterocycles. The number of aryl methyl sites for hydroxylation is 1. The molecule has 1 amide bonds. The number of carbonyl (C=O) groups is 1. The molecule has 0 radical (unpaired) electrons. The van der Waals surface area contributed by atoms with Crippen molar-refractivity contribution in [1.29, 1.82) is 0 Å². The molecule has 1 N–H and O–H groups in total. The summed E-state index contributed by atoms with van der Waals surface area (Å²) in [7, 11) is 0. The first kappa shape index (κ1) is 13.4. The Hall–Kier alpha value is -1.32. The normalized spacial score (nSPS) is 37.0. The Morgan fingerprint density at radius 3 is 2.38 bits per heavy atom. The molecular weight excluding hydrogens is 262 g/mol. The molecule has 4 heteroatoms. The van der Waals surface area contributed by atoms with Crippen LogP contribution in [-0.4, -0.2) is 21.7 Å². The van der Waals surface area contributed by atoms with Gasteiger partial charge >= 0.3 is 0 Å². The molecular formula is C17H25N3O. The van der Waals surface area contributed by atoms with E-state index in [1.165, 1.54) is 32.1 Å². The first-order valence-electron chi connectivity index (χ1n) is 8.49. The SMILES string of the molecule is CCn1ncc(C(=O)NC2C3CC4CC(C3)CC2C4)c1C.